The maximum absolute atomic E-state index is 11.8. The van der Waals surface area contributed by atoms with Gasteiger partial charge in [0.2, 0.25) is 0 Å². The van der Waals surface area contributed by atoms with Gasteiger partial charge >= 0.3 is 0 Å². The van der Waals surface area contributed by atoms with Crippen LogP contribution in [0.1, 0.15) is 40.0 Å². The molecule has 2 heterocycles. The van der Waals surface area contributed by atoms with E-state index in [9.17, 15) is 4.79 Å². The fourth-order valence-electron chi connectivity index (χ4n) is 4.04. The Bertz CT molecular complexity index is 836. The van der Waals surface area contributed by atoms with E-state index in [0.29, 0.717) is 10.2 Å². The van der Waals surface area contributed by atoms with Gasteiger partial charge in [0.1, 0.15) is 4.64 Å². The van der Waals surface area contributed by atoms with Crippen molar-refractivity contribution in [3.8, 4) is 0 Å². The number of hydrogen-bond acceptors (Lipinski definition) is 2. The molecule has 0 spiro atoms. The Hall–Kier alpha value is -1.98. The average Bonchev–Trinajstić information content (AvgIpc) is 2.60. The molecule has 3 N–H and O–H groups in total. The van der Waals surface area contributed by atoms with E-state index in [1.54, 1.807) is 0 Å². The van der Waals surface area contributed by atoms with Crippen molar-refractivity contribution in [3.05, 3.63) is 63.4 Å². The Morgan fingerprint density at radius 1 is 1.23 bits per heavy atom. The number of carbonyl (C=O) groups excluding carboxylic acids is 1. The minimum Gasteiger partial charge on any atom is -0.365 e. The molecule has 1 fully saturated rings. The molecule has 138 valence electrons. The molecule has 0 unspecified atom stereocenters. The Labute approximate surface area is 160 Å². The maximum Gasteiger partial charge on any atom is 0.251 e. The van der Waals surface area contributed by atoms with Gasteiger partial charge in [-0.25, -0.2) is 0 Å². The van der Waals surface area contributed by atoms with Crippen molar-refractivity contribution in [1.82, 2.24) is 4.57 Å². The van der Waals surface area contributed by atoms with Crippen LogP contribution in [0.4, 0.5) is 0 Å². The van der Waals surface area contributed by atoms with E-state index in [0.717, 1.165) is 36.9 Å². The number of benzene rings is 1. The number of carbonyl (C=O) groups is 1. The van der Waals surface area contributed by atoms with Crippen LogP contribution in [0.25, 0.3) is 0 Å². The van der Waals surface area contributed by atoms with E-state index < -0.39 is 5.91 Å². The molecule has 1 aliphatic rings. The molecule has 0 saturated carbocycles. The second-order valence-electron chi connectivity index (χ2n) is 7.48. The predicted molar refractivity (Wildman–Crippen MR) is 107 cm³/mol. The summed E-state index contributed by atoms with van der Waals surface area (Å²) in [6, 6.07) is 12.8. The fraction of sp³-hybridized carbons (Fsp3) is 0.429. The van der Waals surface area contributed by atoms with Gasteiger partial charge in [0, 0.05) is 5.69 Å². The number of hydrogen-bond donors (Lipinski definition) is 2. The number of piperidine rings is 1. The first-order chi connectivity index (χ1) is 12.5. The average molecular weight is 371 g/mol. The molecule has 26 heavy (non-hydrogen) atoms. The SMILES string of the molecule is Cc1cc(C)n(C[NH+]2CCC(Cc3ccccc3)CC2)c(=S)c1C(N)=O. The van der Waals surface area contributed by atoms with Crippen LogP contribution >= 0.6 is 12.2 Å². The highest BCUT2D eigenvalue weighted by Crippen LogP contribution is 2.17. The zero-order valence-electron chi connectivity index (χ0n) is 15.6. The second-order valence-corrected chi connectivity index (χ2v) is 7.87. The van der Waals surface area contributed by atoms with E-state index in [1.165, 1.54) is 29.7 Å². The standard InChI is InChI=1S/C21H27N3OS/c1-15-12-16(2)24(21(26)19(15)20(22)25)14-23-10-8-18(9-11-23)13-17-6-4-3-5-7-17/h3-7,12,18H,8-11,13-14H2,1-2H3,(H2,22,25)/p+1. The number of nitrogens with two attached hydrogens (primary N) is 1. The summed E-state index contributed by atoms with van der Waals surface area (Å²) in [6.07, 6.45) is 3.62. The predicted octanol–water partition coefficient (Wildman–Crippen LogP) is 2.43. The smallest absolute Gasteiger partial charge is 0.251 e. The van der Waals surface area contributed by atoms with Gasteiger partial charge in [0.25, 0.3) is 5.91 Å². The number of pyridine rings is 1. The van der Waals surface area contributed by atoms with Crippen molar-refractivity contribution in [2.24, 2.45) is 11.7 Å². The topological polar surface area (TPSA) is 52.5 Å². The van der Waals surface area contributed by atoms with E-state index >= 15 is 0 Å². The fourth-order valence-corrected chi connectivity index (χ4v) is 4.51. The number of likely N-dealkylation sites (tertiary alicyclic amines) is 1. The van der Waals surface area contributed by atoms with Gasteiger partial charge in [-0.3, -0.25) is 9.36 Å². The van der Waals surface area contributed by atoms with Crippen LogP contribution in [0, 0.1) is 24.4 Å². The summed E-state index contributed by atoms with van der Waals surface area (Å²) in [7, 11) is 0. The number of primary amides is 1. The monoisotopic (exact) mass is 370 g/mol. The van der Waals surface area contributed by atoms with Crippen molar-refractivity contribution in [1.29, 1.82) is 0 Å². The van der Waals surface area contributed by atoms with Crippen molar-refractivity contribution < 1.29 is 9.69 Å². The summed E-state index contributed by atoms with van der Waals surface area (Å²) in [5, 5.41) is 0. The molecule has 3 rings (SSSR count). The molecular formula is C21H28N3OS+. The van der Waals surface area contributed by atoms with Crippen LogP contribution in [0.2, 0.25) is 0 Å². The first-order valence-corrected chi connectivity index (χ1v) is 9.75. The highest BCUT2D eigenvalue weighted by molar-refractivity contribution is 7.71. The third-order valence-electron chi connectivity index (χ3n) is 5.51. The number of quaternary nitrogens is 1. The zero-order valence-corrected chi connectivity index (χ0v) is 16.4. The van der Waals surface area contributed by atoms with Crippen LogP contribution in [0.3, 0.4) is 0 Å². The summed E-state index contributed by atoms with van der Waals surface area (Å²) >= 11 is 5.57. The van der Waals surface area contributed by atoms with Crippen molar-refractivity contribution in [2.75, 3.05) is 13.1 Å². The molecule has 4 nitrogen and oxygen atoms in total. The molecule has 0 radical (unpaired) electrons. The molecule has 0 atom stereocenters. The normalized spacial score (nSPS) is 20.1. The van der Waals surface area contributed by atoms with Crippen molar-refractivity contribution in [2.45, 2.75) is 39.8 Å². The number of aromatic nitrogens is 1. The summed E-state index contributed by atoms with van der Waals surface area (Å²) < 4.78 is 2.66. The van der Waals surface area contributed by atoms with Crippen LogP contribution in [-0.2, 0) is 13.1 Å². The van der Waals surface area contributed by atoms with Crippen LogP contribution in [0.15, 0.2) is 36.4 Å². The van der Waals surface area contributed by atoms with E-state index in [1.807, 2.05) is 13.0 Å². The lowest BCUT2D eigenvalue weighted by molar-refractivity contribution is -0.928. The van der Waals surface area contributed by atoms with Gasteiger partial charge in [-0.15, -0.1) is 0 Å². The maximum atomic E-state index is 11.8. The van der Waals surface area contributed by atoms with Crippen LogP contribution in [0.5, 0.6) is 0 Å². The first kappa shape index (κ1) is 18.8. The minimum atomic E-state index is -0.433. The van der Waals surface area contributed by atoms with E-state index in [4.69, 9.17) is 18.0 Å². The second kappa shape index (κ2) is 8.14. The number of amides is 1. The Kier molecular flexibility index (Phi) is 5.89. The molecule has 1 aromatic carbocycles. The van der Waals surface area contributed by atoms with E-state index in [-0.39, 0.29) is 0 Å². The third kappa shape index (κ3) is 4.22. The Morgan fingerprint density at radius 2 is 1.88 bits per heavy atom. The van der Waals surface area contributed by atoms with E-state index in [2.05, 4.69) is 41.8 Å². The van der Waals surface area contributed by atoms with Gasteiger partial charge in [0.05, 0.1) is 18.7 Å². The van der Waals surface area contributed by atoms with Gasteiger partial charge in [-0.05, 0) is 56.2 Å². The molecule has 0 aliphatic carbocycles. The molecule has 1 aromatic heterocycles. The van der Waals surface area contributed by atoms with Crippen LogP contribution < -0.4 is 10.6 Å². The van der Waals surface area contributed by atoms with Gasteiger partial charge < -0.3 is 10.6 Å². The lowest BCUT2D eigenvalue weighted by Gasteiger charge is -2.30. The molecule has 5 heteroatoms. The third-order valence-corrected chi connectivity index (χ3v) is 5.94. The summed E-state index contributed by atoms with van der Waals surface area (Å²) in [5.74, 6) is 0.326. The summed E-state index contributed by atoms with van der Waals surface area (Å²) in [5.41, 5.74) is 9.42. The number of aryl methyl sites for hydroxylation is 2. The number of rotatable bonds is 5. The molecular weight excluding hydrogens is 342 g/mol. The number of nitrogens with one attached hydrogen (secondary N) is 1. The highest BCUT2D eigenvalue weighted by Gasteiger charge is 2.23. The van der Waals surface area contributed by atoms with Gasteiger partial charge in [-0.2, -0.15) is 0 Å². The lowest BCUT2D eigenvalue weighted by Crippen LogP contribution is -3.12. The van der Waals surface area contributed by atoms with Gasteiger partial charge in [-0.1, -0.05) is 42.5 Å². The highest BCUT2D eigenvalue weighted by atomic mass is 32.1. The zero-order chi connectivity index (χ0) is 18.7. The molecule has 2 aromatic rings. The molecule has 1 saturated heterocycles. The van der Waals surface area contributed by atoms with Crippen LogP contribution in [-0.4, -0.2) is 23.6 Å². The largest absolute Gasteiger partial charge is 0.365 e. The summed E-state index contributed by atoms with van der Waals surface area (Å²) in [6.45, 7) is 7.03. The van der Waals surface area contributed by atoms with Crippen molar-refractivity contribution >= 4 is 18.1 Å². The Morgan fingerprint density at radius 3 is 2.50 bits per heavy atom. The Balaban J connectivity index is 1.66. The van der Waals surface area contributed by atoms with Gasteiger partial charge in [0.15, 0.2) is 6.67 Å². The minimum absolute atomic E-state index is 0.433. The number of nitrogens with zero attached hydrogens (tertiary/aromatic N) is 1. The summed E-state index contributed by atoms with van der Waals surface area (Å²) in [4.78, 5) is 13.3. The molecule has 1 aliphatic heterocycles. The molecule has 1 amide bonds. The molecule has 0 bridgehead atoms. The van der Waals surface area contributed by atoms with Crippen molar-refractivity contribution in [3.63, 3.8) is 0 Å². The first-order valence-electron chi connectivity index (χ1n) is 9.34. The quantitative estimate of drug-likeness (QED) is 0.794. The lowest BCUT2D eigenvalue weighted by atomic mass is 9.90.